The predicted molar refractivity (Wildman–Crippen MR) is 37.9 cm³/mol. The largest absolute Gasteiger partial charge is 0.415 e. The minimum absolute atomic E-state index is 0.0617. The lowest BCUT2D eigenvalue weighted by Crippen LogP contribution is -2.50. The molecule has 1 aliphatic heterocycles. The summed E-state index contributed by atoms with van der Waals surface area (Å²) in [7, 11) is 1.66. The fraction of sp³-hybridized carbons (Fsp3) is 1.00. The van der Waals surface area contributed by atoms with Crippen LogP contribution in [0.25, 0.3) is 0 Å². The number of morpholine rings is 1. The number of likely N-dealkylation sites (N-methyl/N-ethyl adjacent to an activating group) is 1. The molecule has 0 spiro atoms. The summed E-state index contributed by atoms with van der Waals surface area (Å²) in [4.78, 5) is 1.63. The first kappa shape index (κ1) is 9.80. The Bertz CT molecular complexity index is 149. The maximum absolute atomic E-state index is 12.1. The average molecular weight is 183 g/mol. The molecule has 1 rings (SSSR count). The van der Waals surface area contributed by atoms with Gasteiger partial charge in [-0.15, -0.1) is 0 Å². The molecule has 12 heavy (non-hydrogen) atoms. The van der Waals surface area contributed by atoms with Crippen LogP contribution in [0.1, 0.15) is 6.92 Å². The third-order valence-corrected chi connectivity index (χ3v) is 1.81. The highest BCUT2D eigenvalue weighted by molar-refractivity contribution is 4.78. The molecule has 2 atom stereocenters. The predicted octanol–water partition coefficient (Wildman–Crippen LogP) is 1.27. The maximum Gasteiger partial charge on any atom is 0.415 e. The fourth-order valence-corrected chi connectivity index (χ4v) is 1.34. The van der Waals surface area contributed by atoms with E-state index in [9.17, 15) is 13.2 Å². The number of alkyl halides is 3. The molecule has 1 heterocycles. The van der Waals surface area contributed by atoms with Gasteiger partial charge >= 0.3 is 6.18 Å². The molecule has 0 unspecified atom stereocenters. The highest BCUT2D eigenvalue weighted by atomic mass is 19.4. The Balaban J connectivity index is 2.55. The van der Waals surface area contributed by atoms with Gasteiger partial charge in [0.2, 0.25) is 0 Å². The van der Waals surface area contributed by atoms with Crippen molar-refractivity contribution in [2.24, 2.45) is 0 Å². The van der Waals surface area contributed by atoms with Crippen LogP contribution in [0.2, 0.25) is 0 Å². The SMILES string of the molecule is C[C@H]1CN(C)C[C@H](C(F)(F)F)O1. The average Bonchev–Trinajstić information content (AvgIpc) is 1.82. The van der Waals surface area contributed by atoms with Crippen LogP contribution in [0.3, 0.4) is 0 Å². The maximum atomic E-state index is 12.1. The second-order valence-corrected chi connectivity index (χ2v) is 3.20. The zero-order valence-electron chi connectivity index (χ0n) is 7.06. The molecule has 0 amide bonds. The van der Waals surface area contributed by atoms with E-state index in [4.69, 9.17) is 4.74 Å². The van der Waals surface area contributed by atoms with Crippen molar-refractivity contribution in [1.29, 1.82) is 0 Å². The van der Waals surface area contributed by atoms with Gasteiger partial charge in [0.15, 0.2) is 6.10 Å². The number of hydrogen-bond acceptors (Lipinski definition) is 2. The smallest absolute Gasteiger partial charge is 0.363 e. The summed E-state index contributed by atoms with van der Waals surface area (Å²) in [5.41, 5.74) is 0. The van der Waals surface area contributed by atoms with Gasteiger partial charge in [-0.1, -0.05) is 0 Å². The highest BCUT2D eigenvalue weighted by Crippen LogP contribution is 2.26. The van der Waals surface area contributed by atoms with Crippen molar-refractivity contribution in [3.63, 3.8) is 0 Å². The molecule has 1 saturated heterocycles. The Morgan fingerprint density at radius 1 is 1.33 bits per heavy atom. The van der Waals surface area contributed by atoms with E-state index in [-0.39, 0.29) is 12.6 Å². The second kappa shape index (κ2) is 3.22. The highest BCUT2D eigenvalue weighted by Gasteiger charge is 2.44. The zero-order chi connectivity index (χ0) is 9.35. The quantitative estimate of drug-likeness (QED) is 0.560. The Kier molecular flexibility index (Phi) is 2.63. The van der Waals surface area contributed by atoms with Crippen molar-refractivity contribution < 1.29 is 17.9 Å². The lowest BCUT2D eigenvalue weighted by molar-refractivity contribution is -0.249. The molecule has 2 nitrogen and oxygen atoms in total. The van der Waals surface area contributed by atoms with Gasteiger partial charge in [-0.05, 0) is 14.0 Å². The molecular weight excluding hydrogens is 171 g/mol. The van der Waals surface area contributed by atoms with Gasteiger partial charge in [0.1, 0.15) is 0 Å². The summed E-state index contributed by atoms with van der Waals surface area (Å²) in [6.45, 7) is 2.15. The topological polar surface area (TPSA) is 12.5 Å². The van der Waals surface area contributed by atoms with Gasteiger partial charge in [-0.25, -0.2) is 0 Å². The Labute approximate surface area is 69.3 Å². The molecular formula is C7H12F3NO. The first-order valence-electron chi connectivity index (χ1n) is 3.80. The van der Waals surface area contributed by atoms with Crippen LogP contribution in [0.5, 0.6) is 0 Å². The van der Waals surface area contributed by atoms with E-state index in [1.54, 1.807) is 18.9 Å². The van der Waals surface area contributed by atoms with Gasteiger partial charge in [-0.3, -0.25) is 0 Å². The van der Waals surface area contributed by atoms with Gasteiger partial charge in [-0.2, -0.15) is 13.2 Å². The van der Waals surface area contributed by atoms with Crippen molar-refractivity contribution in [1.82, 2.24) is 4.90 Å². The molecule has 0 radical (unpaired) electrons. The molecule has 0 N–H and O–H groups in total. The third kappa shape index (κ3) is 2.35. The normalized spacial score (nSPS) is 33.8. The van der Waals surface area contributed by atoms with Crippen molar-refractivity contribution in [2.45, 2.75) is 25.3 Å². The number of nitrogens with zero attached hydrogens (tertiary/aromatic N) is 1. The molecule has 0 bridgehead atoms. The third-order valence-electron chi connectivity index (χ3n) is 1.81. The minimum Gasteiger partial charge on any atom is -0.363 e. The van der Waals surface area contributed by atoms with E-state index in [1.165, 1.54) is 0 Å². The minimum atomic E-state index is -4.23. The molecule has 1 aliphatic rings. The van der Waals surface area contributed by atoms with Gasteiger partial charge in [0.25, 0.3) is 0 Å². The second-order valence-electron chi connectivity index (χ2n) is 3.20. The molecule has 72 valence electrons. The van der Waals surface area contributed by atoms with E-state index >= 15 is 0 Å². The fourth-order valence-electron chi connectivity index (χ4n) is 1.34. The summed E-state index contributed by atoms with van der Waals surface area (Å²) < 4.78 is 41.2. The van der Waals surface area contributed by atoms with Crippen LogP contribution in [0, 0.1) is 0 Å². The molecule has 0 aromatic heterocycles. The summed E-state index contributed by atoms with van der Waals surface area (Å²) in [6.07, 6.45) is -6.19. The van der Waals surface area contributed by atoms with E-state index in [2.05, 4.69) is 0 Å². The monoisotopic (exact) mass is 183 g/mol. The molecule has 0 aromatic carbocycles. The molecule has 5 heteroatoms. The van der Waals surface area contributed by atoms with Crippen LogP contribution in [0.4, 0.5) is 13.2 Å². The molecule has 1 fully saturated rings. The van der Waals surface area contributed by atoms with Crippen molar-refractivity contribution in [2.75, 3.05) is 20.1 Å². The van der Waals surface area contributed by atoms with Crippen molar-refractivity contribution in [3.8, 4) is 0 Å². The van der Waals surface area contributed by atoms with Crippen LogP contribution in [0.15, 0.2) is 0 Å². The number of ether oxygens (including phenoxy) is 1. The lowest BCUT2D eigenvalue weighted by atomic mass is 10.2. The van der Waals surface area contributed by atoms with Crippen molar-refractivity contribution >= 4 is 0 Å². The zero-order valence-corrected chi connectivity index (χ0v) is 7.06. The van der Waals surface area contributed by atoms with E-state index in [1.807, 2.05) is 0 Å². The van der Waals surface area contributed by atoms with Crippen LogP contribution in [-0.2, 0) is 4.74 Å². The summed E-state index contributed by atoms with van der Waals surface area (Å²) >= 11 is 0. The van der Waals surface area contributed by atoms with E-state index in [0.717, 1.165) is 0 Å². The van der Waals surface area contributed by atoms with E-state index in [0.29, 0.717) is 6.54 Å². The number of hydrogen-bond donors (Lipinski definition) is 0. The summed E-state index contributed by atoms with van der Waals surface area (Å²) in [6, 6.07) is 0. The van der Waals surface area contributed by atoms with E-state index < -0.39 is 12.3 Å². The number of halogens is 3. The number of rotatable bonds is 0. The Morgan fingerprint density at radius 2 is 1.92 bits per heavy atom. The molecule has 0 aliphatic carbocycles. The van der Waals surface area contributed by atoms with Gasteiger partial charge < -0.3 is 9.64 Å². The molecule has 0 saturated carbocycles. The van der Waals surface area contributed by atoms with Gasteiger partial charge in [0.05, 0.1) is 6.10 Å². The van der Waals surface area contributed by atoms with Crippen LogP contribution < -0.4 is 0 Å². The standard InChI is InChI=1S/C7H12F3NO/c1-5-3-11(2)4-6(12-5)7(8,9)10/h5-6H,3-4H2,1-2H3/t5-,6+/m0/s1. The van der Waals surface area contributed by atoms with Gasteiger partial charge in [0, 0.05) is 13.1 Å². The van der Waals surface area contributed by atoms with Crippen LogP contribution >= 0.6 is 0 Å². The lowest BCUT2D eigenvalue weighted by Gasteiger charge is -2.35. The molecule has 0 aromatic rings. The van der Waals surface area contributed by atoms with Crippen LogP contribution in [-0.4, -0.2) is 43.4 Å². The first-order chi connectivity index (χ1) is 5.39. The summed E-state index contributed by atoms with van der Waals surface area (Å²) in [5.74, 6) is 0. The van der Waals surface area contributed by atoms with Crippen molar-refractivity contribution in [3.05, 3.63) is 0 Å². The Hall–Kier alpha value is -0.290. The summed E-state index contributed by atoms with van der Waals surface area (Å²) in [5, 5.41) is 0. The Morgan fingerprint density at radius 3 is 2.33 bits per heavy atom. The first-order valence-corrected chi connectivity index (χ1v) is 3.80.